The van der Waals surface area contributed by atoms with Gasteiger partial charge in [0.1, 0.15) is 6.29 Å². The molecule has 0 radical (unpaired) electrons. The molecule has 1 atom stereocenters. The number of aldehydes is 1. The van der Waals surface area contributed by atoms with Crippen LogP contribution in [-0.4, -0.2) is 87.0 Å². The van der Waals surface area contributed by atoms with Crippen LogP contribution in [0.2, 0.25) is 0 Å². The monoisotopic (exact) mass is 711 g/mol. The Hall–Kier alpha value is -3.53. The molecule has 268 valence electrons. The van der Waals surface area contributed by atoms with E-state index in [-0.39, 0.29) is 48.4 Å². The van der Waals surface area contributed by atoms with Gasteiger partial charge in [0.05, 0.1) is 43.5 Å². The van der Waals surface area contributed by atoms with Gasteiger partial charge in [-0.05, 0) is 69.7 Å². The first-order valence-corrected chi connectivity index (χ1v) is 17.4. The smallest absolute Gasteiger partial charge is 0.399 e. The molecule has 2 aromatic carbocycles. The molecule has 1 unspecified atom stereocenters. The Morgan fingerprint density at radius 2 is 1.66 bits per heavy atom. The first-order valence-electron chi connectivity index (χ1n) is 16.5. The van der Waals surface area contributed by atoms with Gasteiger partial charge in [-0.25, -0.2) is 0 Å². The Morgan fingerprint density at radius 1 is 1.00 bits per heavy atom. The number of hydrogen-bond donors (Lipinski definition) is 2. The number of carbonyl (C=O) groups is 3. The van der Waals surface area contributed by atoms with E-state index < -0.39 is 17.8 Å². The second-order valence-corrected chi connectivity index (χ2v) is 14.7. The molecule has 0 saturated carbocycles. The third-order valence-electron chi connectivity index (χ3n) is 9.58. The molecule has 3 aliphatic heterocycles. The minimum atomic E-state index is -2.85. The lowest BCUT2D eigenvalue weighted by atomic mass is 9.81. The molecule has 1 aliphatic carbocycles. The summed E-state index contributed by atoms with van der Waals surface area (Å²) >= 11 is 1.74. The van der Waals surface area contributed by atoms with Crippen LogP contribution in [0.25, 0.3) is 11.1 Å². The van der Waals surface area contributed by atoms with E-state index in [9.17, 15) is 23.2 Å². The summed E-state index contributed by atoms with van der Waals surface area (Å²) in [5.41, 5.74) is 3.18. The molecule has 2 amide bonds. The Balaban J connectivity index is 0.000000146. The van der Waals surface area contributed by atoms with Gasteiger partial charge >= 0.3 is 7.12 Å². The summed E-state index contributed by atoms with van der Waals surface area (Å²) in [5, 5.41) is 7.55. The standard InChI is InChI=1S/C14H10F2.C12H20BNO2S.C10H14N2O5/c1-9-6-7-13-11(8-9)10-4-2-3-5-12(10)14(13,15)16;1-11(2)12(3,4)16-13(15-11)9-6-10(7-14-5)17-8-9;13-5-8-3-10(16-1-2-17-10)6-12(8)9(15)4-11-7-14/h2-8H,1H3;6,8,14H,7H2,1-5H3;5,7-8H,1-4,6H2,(H,11,14). The molecule has 4 aliphatic rings. The molecule has 14 heteroatoms. The Bertz CT molecular complexity index is 1680. The van der Waals surface area contributed by atoms with Crippen LogP contribution in [-0.2, 0) is 45.6 Å². The number of benzene rings is 2. The Labute approximate surface area is 295 Å². The molecule has 1 spiro atoms. The van der Waals surface area contributed by atoms with Crippen LogP contribution in [0.1, 0.15) is 55.7 Å². The maximum Gasteiger partial charge on any atom is 0.495 e. The van der Waals surface area contributed by atoms with Gasteiger partial charge < -0.3 is 39.1 Å². The molecule has 3 fully saturated rings. The number of rotatable bonds is 7. The quantitative estimate of drug-likeness (QED) is 0.278. The van der Waals surface area contributed by atoms with Gasteiger partial charge in [0.2, 0.25) is 12.3 Å². The lowest BCUT2D eigenvalue weighted by Crippen LogP contribution is -2.43. The molecule has 3 aromatic rings. The van der Waals surface area contributed by atoms with Gasteiger partial charge in [-0.3, -0.25) is 9.59 Å². The number of fused-ring (bicyclic) bond motifs is 3. The molecule has 10 nitrogen and oxygen atoms in total. The van der Waals surface area contributed by atoms with Crippen molar-refractivity contribution in [3.05, 3.63) is 75.5 Å². The summed E-state index contributed by atoms with van der Waals surface area (Å²) in [6.07, 6.45) is 1.50. The normalized spacial score (nSPS) is 21.4. The molecular formula is C36H44BF2N3O7S. The summed E-state index contributed by atoms with van der Waals surface area (Å²) in [4.78, 5) is 35.5. The molecule has 4 heterocycles. The van der Waals surface area contributed by atoms with Crippen molar-refractivity contribution in [2.45, 2.75) is 76.5 Å². The van der Waals surface area contributed by atoms with Crippen molar-refractivity contribution in [1.29, 1.82) is 0 Å². The zero-order chi connectivity index (χ0) is 36.3. The summed E-state index contributed by atoms with van der Waals surface area (Å²) in [7, 11) is 1.72. The average Bonchev–Trinajstić information content (AvgIpc) is 3.89. The third-order valence-corrected chi connectivity index (χ3v) is 10.5. The number of ether oxygens (including phenoxy) is 2. The van der Waals surface area contributed by atoms with Gasteiger partial charge in [0.25, 0.3) is 5.92 Å². The average molecular weight is 712 g/mol. The predicted molar refractivity (Wildman–Crippen MR) is 187 cm³/mol. The first kappa shape index (κ1) is 37.7. The van der Waals surface area contributed by atoms with Crippen LogP contribution in [0.5, 0.6) is 0 Å². The molecule has 7 rings (SSSR count). The van der Waals surface area contributed by atoms with Crippen molar-refractivity contribution in [3.8, 4) is 11.1 Å². The first-order chi connectivity index (χ1) is 23.7. The van der Waals surface area contributed by atoms with Crippen molar-refractivity contribution in [2.24, 2.45) is 0 Å². The van der Waals surface area contributed by atoms with Crippen molar-refractivity contribution in [1.82, 2.24) is 15.5 Å². The van der Waals surface area contributed by atoms with E-state index in [1.54, 1.807) is 35.6 Å². The molecular weight excluding hydrogens is 667 g/mol. The number of nitrogens with zero attached hydrogens (tertiary/aromatic N) is 1. The van der Waals surface area contributed by atoms with Gasteiger partial charge in [-0.2, -0.15) is 8.78 Å². The van der Waals surface area contributed by atoms with E-state index >= 15 is 0 Å². The van der Waals surface area contributed by atoms with Crippen molar-refractivity contribution in [2.75, 3.05) is 33.4 Å². The largest absolute Gasteiger partial charge is 0.495 e. The maximum atomic E-state index is 14.1. The van der Waals surface area contributed by atoms with Crippen LogP contribution in [0.4, 0.5) is 8.78 Å². The second kappa shape index (κ2) is 15.0. The van der Waals surface area contributed by atoms with E-state index in [1.807, 2.05) is 20.0 Å². The lowest BCUT2D eigenvalue weighted by molar-refractivity contribution is -0.152. The number of aryl methyl sites for hydroxylation is 1. The zero-order valence-electron chi connectivity index (χ0n) is 29.2. The SMILES string of the molecule is CNCc1cc(B2OC(C)(C)C(C)(C)O2)cs1.Cc1ccc2c(c1)-c1ccccc1C2(F)F.O=CNCC(=O)N1CC2(CC1C=O)OCCO2. The second-order valence-electron chi connectivity index (χ2n) is 13.7. The minimum absolute atomic E-state index is 0.121. The van der Waals surface area contributed by atoms with Gasteiger partial charge in [-0.1, -0.05) is 48.0 Å². The highest BCUT2D eigenvalue weighted by Gasteiger charge is 2.52. The van der Waals surface area contributed by atoms with E-state index in [0.29, 0.717) is 43.5 Å². The maximum absolute atomic E-state index is 14.1. The summed E-state index contributed by atoms with van der Waals surface area (Å²) < 4.78 is 51.0. The predicted octanol–water partition coefficient (Wildman–Crippen LogP) is 4.16. The van der Waals surface area contributed by atoms with Gasteiger partial charge in [-0.15, -0.1) is 11.3 Å². The number of carbonyl (C=O) groups excluding carboxylic acids is 3. The number of halogens is 2. The Kier molecular flexibility index (Phi) is 11.3. The zero-order valence-corrected chi connectivity index (χ0v) is 30.0. The summed E-state index contributed by atoms with van der Waals surface area (Å²) in [5.74, 6) is -3.99. The third kappa shape index (κ3) is 7.70. The number of amides is 2. The van der Waals surface area contributed by atoms with E-state index in [4.69, 9.17) is 18.8 Å². The fraction of sp³-hybridized carbons (Fsp3) is 0.472. The highest BCUT2D eigenvalue weighted by Crippen LogP contribution is 2.50. The number of likely N-dealkylation sites (tertiary alicyclic amines) is 1. The van der Waals surface area contributed by atoms with E-state index in [2.05, 4.69) is 49.8 Å². The van der Waals surface area contributed by atoms with Crippen LogP contribution in [0.15, 0.2) is 53.9 Å². The summed E-state index contributed by atoms with van der Waals surface area (Å²) in [6.45, 7) is 12.2. The number of alkyl halides is 2. The molecule has 3 saturated heterocycles. The number of thiophene rings is 1. The van der Waals surface area contributed by atoms with Crippen LogP contribution < -0.4 is 16.1 Å². The highest BCUT2D eigenvalue weighted by atomic mass is 32.1. The van der Waals surface area contributed by atoms with Gasteiger partial charge in [0, 0.05) is 29.0 Å². The lowest BCUT2D eigenvalue weighted by Gasteiger charge is -2.32. The van der Waals surface area contributed by atoms with Crippen LogP contribution >= 0.6 is 11.3 Å². The van der Waals surface area contributed by atoms with Crippen molar-refractivity contribution < 1.29 is 41.9 Å². The number of hydrogen-bond acceptors (Lipinski definition) is 9. The molecule has 2 N–H and O–H groups in total. The number of nitrogens with one attached hydrogen (secondary N) is 2. The fourth-order valence-corrected chi connectivity index (χ4v) is 7.16. The topological polar surface area (TPSA) is 115 Å². The summed E-state index contributed by atoms with van der Waals surface area (Å²) in [6, 6.07) is 13.4. The van der Waals surface area contributed by atoms with Crippen molar-refractivity contribution >= 4 is 42.5 Å². The van der Waals surface area contributed by atoms with Crippen LogP contribution in [0, 0.1) is 6.92 Å². The molecule has 0 bridgehead atoms. The Morgan fingerprint density at radius 3 is 2.30 bits per heavy atom. The minimum Gasteiger partial charge on any atom is -0.399 e. The molecule has 50 heavy (non-hydrogen) atoms. The van der Waals surface area contributed by atoms with E-state index in [1.165, 1.54) is 21.9 Å². The fourth-order valence-electron chi connectivity index (χ4n) is 6.26. The van der Waals surface area contributed by atoms with Crippen LogP contribution in [0.3, 0.4) is 0 Å². The highest BCUT2D eigenvalue weighted by molar-refractivity contribution is 7.11. The van der Waals surface area contributed by atoms with Crippen molar-refractivity contribution in [3.63, 3.8) is 0 Å². The van der Waals surface area contributed by atoms with E-state index in [0.717, 1.165) is 17.6 Å². The van der Waals surface area contributed by atoms with Gasteiger partial charge in [0.15, 0.2) is 5.79 Å². The molecule has 1 aromatic heterocycles.